The van der Waals surface area contributed by atoms with Crippen molar-refractivity contribution in [3.63, 3.8) is 0 Å². The van der Waals surface area contributed by atoms with E-state index >= 15 is 0 Å². The van der Waals surface area contributed by atoms with Gasteiger partial charge in [-0.3, -0.25) is 4.79 Å². The number of rotatable bonds is 3. The number of pyridine rings is 1. The van der Waals surface area contributed by atoms with E-state index < -0.39 is 0 Å². The minimum absolute atomic E-state index is 0.0434. The standard InChI is InChI=1S/C17H18ClN3OS/c18-16-4-1-12(9-19-16)14-2-3-15(23-14)17(22)20-13-10-21-7-5-11(13)6-8-21/h1-4,9,11,13H,5-8,10H2,(H,20,22)/t13-/m0/s1. The van der Waals surface area contributed by atoms with Crippen molar-refractivity contribution in [3.05, 3.63) is 40.5 Å². The van der Waals surface area contributed by atoms with Gasteiger partial charge in [0, 0.05) is 29.2 Å². The maximum Gasteiger partial charge on any atom is 0.261 e. The Morgan fingerprint density at radius 2 is 2.09 bits per heavy atom. The zero-order valence-corrected chi connectivity index (χ0v) is 14.2. The van der Waals surface area contributed by atoms with Crippen molar-refractivity contribution in [2.45, 2.75) is 18.9 Å². The lowest BCUT2D eigenvalue weighted by molar-refractivity contribution is 0.0622. The molecule has 0 unspecified atom stereocenters. The molecule has 23 heavy (non-hydrogen) atoms. The first-order chi connectivity index (χ1) is 11.2. The Balaban J connectivity index is 1.46. The number of nitrogens with one attached hydrogen (secondary N) is 1. The largest absolute Gasteiger partial charge is 0.347 e. The van der Waals surface area contributed by atoms with E-state index in [1.807, 2.05) is 18.2 Å². The molecule has 3 aliphatic heterocycles. The van der Waals surface area contributed by atoms with Crippen molar-refractivity contribution in [2.75, 3.05) is 19.6 Å². The summed E-state index contributed by atoms with van der Waals surface area (Å²) in [5.74, 6) is 0.686. The molecule has 1 atom stereocenters. The molecule has 120 valence electrons. The van der Waals surface area contributed by atoms with Gasteiger partial charge in [-0.05, 0) is 56.1 Å². The lowest BCUT2D eigenvalue weighted by Gasteiger charge is -2.44. The number of carbonyl (C=O) groups is 1. The van der Waals surface area contributed by atoms with Crippen molar-refractivity contribution in [1.29, 1.82) is 0 Å². The van der Waals surface area contributed by atoms with Gasteiger partial charge in [-0.15, -0.1) is 11.3 Å². The van der Waals surface area contributed by atoms with E-state index in [1.165, 1.54) is 37.3 Å². The summed E-state index contributed by atoms with van der Waals surface area (Å²) in [6.45, 7) is 3.36. The van der Waals surface area contributed by atoms with Crippen LogP contribution in [0, 0.1) is 5.92 Å². The predicted molar refractivity (Wildman–Crippen MR) is 93.0 cm³/mol. The Labute approximate surface area is 144 Å². The third-order valence-corrected chi connectivity index (χ3v) is 6.17. The third kappa shape index (κ3) is 3.13. The summed E-state index contributed by atoms with van der Waals surface area (Å²) in [6.07, 6.45) is 4.15. The molecule has 0 spiro atoms. The number of carbonyl (C=O) groups excluding carboxylic acids is 1. The fourth-order valence-corrected chi connectivity index (χ4v) is 4.52. The summed E-state index contributed by atoms with van der Waals surface area (Å²) in [4.78, 5) is 20.9. The first-order valence-electron chi connectivity index (χ1n) is 7.94. The Kier molecular flexibility index (Phi) is 4.09. The van der Waals surface area contributed by atoms with Gasteiger partial charge in [0.05, 0.1) is 4.88 Å². The number of halogens is 1. The molecule has 2 bridgehead atoms. The normalized spacial score (nSPS) is 26.2. The van der Waals surface area contributed by atoms with Gasteiger partial charge in [0.15, 0.2) is 0 Å². The molecule has 0 radical (unpaired) electrons. The average Bonchev–Trinajstić information content (AvgIpc) is 3.07. The van der Waals surface area contributed by atoms with Crippen LogP contribution in [0.1, 0.15) is 22.5 Å². The minimum atomic E-state index is 0.0434. The fraction of sp³-hybridized carbons (Fsp3) is 0.412. The topological polar surface area (TPSA) is 45.2 Å². The van der Waals surface area contributed by atoms with Gasteiger partial charge in [-0.2, -0.15) is 0 Å². The Bertz CT molecular complexity index is 707. The highest BCUT2D eigenvalue weighted by molar-refractivity contribution is 7.17. The summed E-state index contributed by atoms with van der Waals surface area (Å²) in [6, 6.07) is 7.86. The number of fused-ring (bicyclic) bond motifs is 3. The van der Waals surface area contributed by atoms with E-state index in [1.54, 1.807) is 12.3 Å². The van der Waals surface area contributed by atoms with Gasteiger partial charge in [-0.25, -0.2) is 4.98 Å². The van der Waals surface area contributed by atoms with Crippen LogP contribution < -0.4 is 5.32 Å². The second-order valence-corrected chi connectivity index (χ2v) is 7.72. The van der Waals surface area contributed by atoms with Crippen molar-refractivity contribution in [3.8, 4) is 10.4 Å². The lowest BCUT2D eigenvalue weighted by atomic mass is 9.84. The molecule has 1 amide bonds. The van der Waals surface area contributed by atoms with Crippen LogP contribution in [0.5, 0.6) is 0 Å². The second kappa shape index (κ2) is 6.23. The van der Waals surface area contributed by atoms with Gasteiger partial charge in [0.2, 0.25) is 0 Å². The van der Waals surface area contributed by atoms with Crippen LogP contribution in [-0.4, -0.2) is 41.5 Å². The molecule has 1 N–H and O–H groups in total. The number of thiophene rings is 1. The highest BCUT2D eigenvalue weighted by atomic mass is 35.5. The van der Waals surface area contributed by atoms with Crippen molar-refractivity contribution in [2.24, 2.45) is 5.92 Å². The van der Waals surface area contributed by atoms with Crippen LogP contribution in [0.25, 0.3) is 10.4 Å². The third-order valence-electron chi connectivity index (χ3n) is 4.81. The zero-order valence-electron chi connectivity index (χ0n) is 12.7. The number of piperidine rings is 3. The molecule has 2 aromatic heterocycles. The Morgan fingerprint density at radius 1 is 1.26 bits per heavy atom. The van der Waals surface area contributed by atoms with Crippen molar-refractivity contribution >= 4 is 28.8 Å². The SMILES string of the molecule is O=C(N[C@H]1CN2CCC1CC2)c1ccc(-c2ccc(Cl)nc2)s1. The second-order valence-electron chi connectivity index (χ2n) is 6.25. The molecule has 4 nitrogen and oxygen atoms in total. The van der Waals surface area contributed by atoms with Gasteiger partial charge in [0.25, 0.3) is 5.91 Å². The summed E-state index contributed by atoms with van der Waals surface area (Å²) in [5, 5.41) is 3.71. The molecule has 2 aromatic rings. The molecule has 0 aromatic carbocycles. The monoisotopic (exact) mass is 347 g/mol. The van der Waals surface area contributed by atoms with Gasteiger partial charge in [0.1, 0.15) is 5.15 Å². The molecule has 3 aliphatic rings. The summed E-state index contributed by atoms with van der Waals surface area (Å²) in [5.41, 5.74) is 0.987. The quantitative estimate of drug-likeness (QED) is 0.866. The smallest absolute Gasteiger partial charge is 0.261 e. The number of hydrogen-bond acceptors (Lipinski definition) is 4. The molecular weight excluding hydrogens is 330 g/mol. The average molecular weight is 348 g/mol. The molecule has 5 heterocycles. The van der Waals surface area contributed by atoms with E-state index in [2.05, 4.69) is 15.2 Å². The summed E-state index contributed by atoms with van der Waals surface area (Å²) < 4.78 is 0. The van der Waals surface area contributed by atoms with E-state index in [9.17, 15) is 4.79 Å². The van der Waals surface area contributed by atoms with E-state index in [-0.39, 0.29) is 5.91 Å². The van der Waals surface area contributed by atoms with Crippen LogP contribution in [0.4, 0.5) is 0 Å². The number of amides is 1. The van der Waals surface area contributed by atoms with Crippen molar-refractivity contribution in [1.82, 2.24) is 15.2 Å². The molecule has 6 heteroatoms. The first-order valence-corrected chi connectivity index (χ1v) is 9.13. The molecule has 3 saturated heterocycles. The predicted octanol–water partition coefficient (Wildman–Crippen LogP) is 3.29. The Morgan fingerprint density at radius 3 is 2.74 bits per heavy atom. The van der Waals surface area contributed by atoms with Crippen molar-refractivity contribution < 1.29 is 4.79 Å². The van der Waals surface area contributed by atoms with E-state index in [0.29, 0.717) is 17.1 Å². The van der Waals surface area contributed by atoms with E-state index in [0.717, 1.165) is 21.9 Å². The molecule has 3 fully saturated rings. The van der Waals surface area contributed by atoms with Gasteiger partial charge >= 0.3 is 0 Å². The van der Waals surface area contributed by atoms with Gasteiger partial charge in [-0.1, -0.05) is 11.6 Å². The summed E-state index contributed by atoms with van der Waals surface area (Å²) >= 11 is 7.32. The number of aromatic nitrogens is 1. The Hall–Kier alpha value is -1.43. The number of nitrogens with zero attached hydrogens (tertiary/aromatic N) is 2. The highest BCUT2D eigenvalue weighted by Crippen LogP contribution is 2.30. The number of hydrogen-bond donors (Lipinski definition) is 1. The molecule has 0 aliphatic carbocycles. The van der Waals surface area contributed by atoms with Crippen LogP contribution in [-0.2, 0) is 0 Å². The maximum absolute atomic E-state index is 12.5. The summed E-state index contributed by atoms with van der Waals surface area (Å²) in [7, 11) is 0. The molecular formula is C17H18ClN3OS. The highest BCUT2D eigenvalue weighted by Gasteiger charge is 2.35. The van der Waals surface area contributed by atoms with Gasteiger partial charge < -0.3 is 10.2 Å². The molecule has 5 rings (SSSR count). The van der Waals surface area contributed by atoms with E-state index in [4.69, 9.17) is 11.6 Å². The molecule has 0 saturated carbocycles. The first kappa shape index (κ1) is 15.1. The lowest BCUT2D eigenvalue weighted by Crippen LogP contribution is -2.57. The van der Waals surface area contributed by atoms with Crippen LogP contribution in [0.15, 0.2) is 30.5 Å². The minimum Gasteiger partial charge on any atom is -0.347 e. The van der Waals surface area contributed by atoms with Crippen LogP contribution >= 0.6 is 22.9 Å². The fourth-order valence-electron chi connectivity index (χ4n) is 3.50. The van der Waals surface area contributed by atoms with Crippen LogP contribution in [0.3, 0.4) is 0 Å². The van der Waals surface area contributed by atoms with Crippen LogP contribution in [0.2, 0.25) is 5.15 Å². The zero-order chi connectivity index (χ0) is 15.8. The maximum atomic E-state index is 12.5.